The summed E-state index contributed by atoms with van der Waals surface area (Å²) in [7, 11) is 0. The molecule has 4 heteroatoms. The fourth-order valence-electron chi connectivity index (χ4n) is 1.35. The molecule has 0 aromatic heterocycles. The minimum absolute atomic E-state index is 0.449. The number of halogens is 1. The van der Waals surface area contributed by atoms with E-state index in [4.69, 9.17) is 0 Å². The van der Waals surface area contributed by atoms with Crippen molar-refractivity contribution >= 4 is 33.3 Å². The summed E-state index contributed by atoms with van der Waals surface area (Å²) in [6.07, 6.45) is 0. The van der Waals surface area contributed by atoms with Crippen LogP contribution in [-0.2, 0) is 4.79 Å². The van der Waals surface area contributed by atoms with E-state index in [0.717, 1.165) is 5.56 Å². The molecular formula is C9H6BrNO2. The van der Waals surface area contributed by atoms with Crippen LogP contribution in [0.4, 0.5) is 5.69 Å². The maximum absolute atomic E-state index is 11.3. The van der Waals surface area contributed by atoms with Gasteiger partial charge in [0.05, 0.1) is 11.3 Å². The van der Waals surface area contributed by atoms with Crippen molar-refractivity contribution in [2.45, 2.75) is 6.92 Å². The Bertz CT molecular complexity index is 426. The molecule has 1 aromatic rings. The van der Waals surface area contributed by atoms with E-state index in [9.17, 15) is 9.59 Å². The predicted molar refractivity (Wildman–Crippen MR) is 51.8 cm³/mol. The van der Waals surface area contributed by atoms with Gasteiger partial charge in [0.1, 0.15) is 0 Å². The Morgan fingerprint density at radius 3 is 2.62 bits per heavy atom. The number of carbonyl (C=O) groups excluding carboxylic acids is 2. The second-order valence-electron chi connectivity index (χ2n) is 2.90. The smallest absolute Gasteiger partial charge is 0.296 e. The van der Waals surface area contributed by atoms with Gasteiger partial charge in [0.25, 0.3) is 11.7 Å². The van der Waals surface area contributed by atoms with Gasteiger partial charge in [0, 0.05) is 4.47 Å². The number of amides is 1. The molecule has 0 aliphatic carbocycles. The van der Waals surface area contributed by atoms with Gasteiger partial charge in [-0.05, 0) is 34.5 Å². The van der Waals surface area contributed by atoms with Gasteiger partial charge < -0.3 is 5.32 Å². The maximum Gasteiger partial charge on any atom is 0.296 e. The number of anilines is 1. The molecule has 3 nitrogen and oxygen atoms in total. The monoisotopic (exact) mass is 239 g/mol. The first-order chi connectivity index (χ1) is 6.11. The van der Waals surface area contributed by atoms with Gasteiger partial charge in [-0.2, -0.15) is 0 Å². The molecule has 1 aliphatic rings. The van der Waals surface area contributed by atoms with E-state index in [2.05, 4.69) is 21.2 Å². The van der Waals surface area contributed by atoms with Crippen LogP contribution in [0.15, 0.2) is 16.6 Å². The minimum atomic E-state index is -0.551. The highest BCUT2D eigenvalue weighted by Crippen LogP contribution is 2.32. The highest BCUT2D eigenvalue weighted by molar-refractivity contribution is 9.10. The standard InChI is InChI=1S/C9H6BrNO2/c1-4-2-3-5(10)6-7(4)11-9(13)8(6)12/h2-3H,1H3,(H,11,12,13). The normalized spacial score (nSPS) is 14.3. The molecule has 1 N–H and O–H groups in total. The molecule has 1 aliphatic heterocycles. The zero-order valence-corrected chi connectivity index (χ0v) is 8.44. The van der Waals surface area contributed by atoms with Gasteiger partial charge in [-0.25, -0.2) is 0 Å². The number of hydrogen-bond donors (Lipinski definition) is 1. The van der Waals surface area contributed by atoms with Crippen molar-refractivity contribution < 1.29 is 9.59 Å². The number of nitrogens with one attached hydrogen (secondary N) is 1. The lowest BCUT2D eigenvalue weighted by Crippen LogP contribution is -2.12. The van der Waals surface area contributed by atoms with Gasteiger partial charge in [-0.15, -0.1) is 0 Å². The number of hydrogen-bond acceptors (Lipinski definition) is 2. The third-order valence-corrected chi connectivity index (χ3v) is 2.70. The molecular weight excluding hydrogens is 234 g/mol. The quantitative estimate of drug-likeness (QED) is 0.704. The van der Waals surface area contributed by atoms with Crippen LogP contribution in [0, 0.1) is 6.92 Å². The molecule has 0 fully saturated rings. The van der Waals surface area contributed by atoms with Crippen molar-refractivity contribution in [1.82, 2.24) is 0 Å². The Balaban J connectivity index is 2.75. The number of aryl methyl sites for hydroxylation is 1. The number of ketones is 1. The lowest BCUT2D eigenvalue weighted by Gasteiger charge is -2.02. The zero-order valence-electron chi connectivity index (χ0n) is 6.85. The molecule has 0 saturated carbocycles. The summed E-state index contributed by atoms with van der Waals surface area (Å²) in [5.74, 6) is -1.02. The first kappa shape index (κ1) is 8.44. The molecule has 2 rings (SSSR count). The van der Waals surface area contributed by atoms with Crippen molar-refractivity contribution in [1.29, 1.82) is 0 Å². The second kappa shape index (κ2) is 2.67. The summed E-state index contributed by atoms with van der Waals surface area (Å²) >= 11 is 3.24. The average Bonchev–Trinajstić information content (AvgIpc) is 2.38. The van der Waals surface area contributed by atoms with Crippen molar-refractivity contribution in [3.63, 3.8) is 0 Å². The fraction of sp³-hybridized carbons (Fsp3) is 0.111. The van der Waals surface area contributed by atoms with Crippen molar-refractivity contribution in [3.8, 4) is 0 Å². The van der Waals surface area contributed by atoms with Crippen LogP contribution in [0.25, 0.3) is 0 Å². The van der Waals surface area contributed by atoms with Crippen LogP contribution in [0.1, 0.15) is 15.9 Å². The van der Waals surface area contributed by atoms with E-state index in [1.165, 1.54) is 0 Å². The van der Waals surface area contributed by atoms with E-state index in [1.54, 1.807) is 6.07 Å². The summed E-state index contributed by atoms with van der Waals surface area (Å²) in [4.78, 5) is 22.4. The number of rotatable bonds is 0. The molecule has 13 heavy (non-hydrogen) atoms. The molecule has 1 aromatic carbocycles. The Labute approximate surface area is 83.3 Å². The van der Waals surface area contributed by atoms with E-state index in [1.807, 2.05) is 13.0 Å². The first-order valence-corrected chi connectivity index (χ1v) is 4.55. The van der Waals surface area contributed by atoms with Crippen LogP contribution in [0.5, 0.6) is 0 Å². The average molecular weight is 240 g/mol. The van der Waals surface area contributed by atoms with Crippen LogP contribution < -0.4 is 5.32 Å². The van der Waals surface area contributed by atoms with Crippen molar-refractivity contribution in [2.75, 3.05) is 5.32 Å². The van der Waals surface area contributed by atoms with Crippen LogP contribution in [0.2, 0.25) is 0 Å². The molecule has 66 valence electrons. The molecule has 0 atom stereocenters. The van der Waals surface area contributed by atoms with E-state index >= 15 is 0 Å². The predicted octanol–water partition coefficient (Wildman–Crippen LogP) is 1.89. The third kappa shape index (κ3) is 1.09. The number of fused-ring (bicyclic) bond motifs is 1. The van der Waals surface area contributed by atoms with Crippen LogP contribution in [-0.4, -0.2) is 11.7 Å². The molecule has 0 radical (unpaired) electrons. The molecule has 1 heterocycles. The largest absolute Gasteiger partial charge is 0.318 e. The Morgan fingerprint density at radius 1 is 1.31 bits per heavy atom. The number of Topliss-reactive ketones (excluding diaryl/α,β-unsaturated/α-hetero) is 1. The lowest BCUT2D eigenvalue weighted by atomic mass is 10.1. The Kier molecular flexibility index (Phi) is 1.73. The lowest BCUT2D eigenvalue weighted by molar-refractivity contribution is -0.112. The first-order valence-electron chi connectivity index (χ1n) is 3.76. The van der Waals surface area contributed by atoms with E-state index in [0.29, 0.717) is 15.7 Å². The van der Waals surface area contributed by atoms with Gasteiger partial charge in [-0.3, -0.25) is 9.59 Å². The van der Waals surface area contributed by atoms with Gasteiger partial charge in [-0.1, -0.05) is 6.07 Å². The van der Waals surface area contributed by atoms with Gasteiger partial charge in [0.2, 0.25) is 0 Å². The van der Waals surface area contributed by atoms with Crippen LogP contribution in [0.3, 0.4) is 0 Å². The second-order valence-corrected chi connectivity index (χ2v) is 3.75. The maximum atomic E-state index is 11.3. The third-order valence-electron chi connectivity index (χ3n) is 2.03. The zero-order chi connectivity index (χ0) is 9.59. The Morgan fingerprint density at radius 2 is 2.00 bits per heavy atom. The number of carbonyl (C=O) groups is 2. The summed E-state index contributed by atoms with van der Waals surface area (Å²) < 4.78 is 0.663. The SMILES string of the molecule is Cc1ccc(Br)c2c1NC(=O)C2=O. The summed E-state index contributed by atoms with van der Waals surface area (Å²) in [5.41, 5.74) is 1.98. The van der Waals surface area contributed by atoms with E-state index in [-0.39, 0.29) is 0 Å². The minimum Gasteiger partial charge on any atom is -0.318 e. The summed E-state index contributed by atoms with van der Waals surface area (Å²) in [6.45, 7) is 1.85. The summed E-state index contributed by atoms with van der Waals surface area (Å²) in [5, 5.41) is 2.54. The van der Waals surface area contributed by atoms with Crippen molar-refractivity contribution in [2.24, 2.45) is 0 Å². The van der Waals surface area contributed by atoms with Gasteiger partial charge in [0.15, 0.2) is 0 Å². The summed E-state index contributed by atoms with van der Waals surface area (Å²) in [6, 6.07) is 3.62. The molecule has 0 spiro atoms. The molecule has 1 amide bonds. The van der Waals surface area contributed by atoms with Crippen molar-refractivity contribution in [3.05, 3.63) is 27.7 Å². The molecule has 0 unspecified atom stereocenters. The fourth-order valence-corrected chi connectivity index (χ4v) is 1.86. The van der Waals surface area contributed by atoms with E-state index < -0.39 is 11.7 Å². The highest BCUT2D eigenvalue weighted by Gasteiger charge is 2.30. The van der Waals surface area contributed by atoms with Crippen LogP contribution >= 0.6 is 15.9 Å². The number of benzene rings is 1. The Hall–Kier alpha value is -1.16. The highest BCUT2D eigenvalue weighted by atomic mass is 79.9. The topological polar surface area (TPSA) is 46.2 Å². The molecule has 0 saturated heterocycles. The molecule has 0 bridgehead atoms. The van der Waals surface area contributed by atoms with Gasteiger partial charge >= 0.3 is 0 Å².